The van der Waals surface area contributed by atoms with Crippen molar-refractivity contribution in [1.82, 2.24) is 9.97 Å². The van der Waals surface area contributed by atoms with E-state index < -0.39 is 0 Å². The number of carbonyl (C=O) groups is 2. The summed E-state index contributed by atoms with van der Waals surface area (Å²) in [6, 6.07) is 3.61. The lowest BCUT2D eigenvalue weighted by atomic mass is 10.1. The molecular formula is C18H18N4O3S2. The lowest BCUT2D eigenvalue weighted by molar-refractivity contribution is -0.119. The second-order valence-corrected chi connectivity index (χ2v) is 8.07. The third kappa shape index (κ3) is 4.42. The van der Waals surface area contributed by atoms with Crippen LogP contribution in [0.1, 0.15) is 31.4 Å². The Morgan fingerprint density at radius 3 is 2.67 bits per heavy atom. The van der Waals surface area contributed by atoms with E-state index in [0.717, 1.165) is 25.7 Å². The zero-order valence-corrected chi connectivity index (χ0v) is 16.1. The molecule has 0 aromatic carbocycles. The van der Waals surface area contributed by atoms with E-state index in [1.165, 1.54) is 22.7 Å². The summed E-state index contributed by atoms with van der Waals surface area (Å²) in [6.07, 6.45) is 5.82. The molecule has 0 unspecified atom stereocenters. The fourth-order valence-electron chi connectivity index (χ4n) is 3.04. The average molecular weight is 403 g/mol. The van der Waals surface area contributed by atoms with Crippen molar-refractivity contribution in [3.05, 3.63) is 34.8 Å². The topological polar surface area (TPSA) is 97.1 Å². The second-order valence-electron chi connectivity index (χ2n) is 6.35. The number of thiazole rings is 2. The number of furan rings is 1. The van der Waals surface area contributed by atoms with Crippen molar-refractivity contribution in [3.63, 3.8) is 0 Å². The summed E-state index contributed by atoms with van der Waals surface area (Å²) >= 11 is 2.68. The van der Waals surface area contributed by atoms with Crippen LogP contribution in [0.4, 0.5) is 10.3 Å². The first-order valence-electron chi connectivity index (χ1n) is 8.72. The Bertz CT molecular complexity index is 926. The number of amides is 2. The molecule has 0 bridgehead atoms. The van der Waals surface area contributed by atoms with E-state index in [2.05, 4.69) is 20.6 Å². The Balaban J connectivity index is 1.31. The van der Waals surface area contributed by atoms with Gasteiger partial charge in [-0.25, -0.2) is 9.97 Å². The van der Waals surface area contributed by atoms with Gasteiger partial charge in [-0.3, -0.25) is 9.59 Å². The standard InChI is InChI=1S/C18H18N4O3S2/c23-15(21-18-20-13(10-27-18)14-6-3-7-25-14)8-12-9-26-17(19-12)22-16(24)11-4-1-2-5-11/h3,6-7,9-11H,1-2,4-5,8H2,(H,19,22,24)(H,20,21,23). The van der Waals surface area contributed by atoms with Gasteiger partial charge in [-0.05, 0) is 25.0 Å². The monoisotopic (exact) mass is 402 g/mol. The maximum absolute atomic E-state index is 12.2. The van der Waals surface area contributed by atoms with Crippen molar-refractivity contribution in [2.75, 3.05) is 10.6 Å². The predicted molar refractivity (Wildman–Crippen MR) is 105 cm³/mol. The number of aromatic nitrogens is 2. The van der Waals surface area contributed by atoms with Crippen LogP contribution in [0.2, 0.25) is 0 Å². The maximum atomic E-state index is 12.2. The molecule has 0 spiro atoms. The molecule has 9 heteroatoms. The third-order valence-corrected chi connectivity index (χ3v) is 5.94. The summed E-state index contributed by atoms with van der Waals surface area (Å²) in [6.45, 7) is 0. The number of hydrogen-bond donors (Lipinski definition) is 2. The quantitative estimate of drug-likeness (QED) is 0.645. The van der Waals surface area contributed by atoms with Crippen LogP contribution in [-0.2, 0) is 16.0 Å². The van der Waals surface area contributed by atoms with Gasteiger partial charge in [0.25, 0.3) is 0 Å². The number of carbonyl (C=O) groups excluding carboxylic acids is 2. The van der Waals surface area contributed by atoms with Gasteiger partial charge in [0.15, 0.2) is 16.0 Å². The van der Waals surface area contributed by atoms with Gasteiger partial charge in [0.2, 0.25) is 11.8 Å². The molecule has 1 fully saturated rings. The minimum Gasteiger partial charge on any atom is -0.463 e. The van der Waals surface area contributed by atoms with Crippen LogP contribution in [0.3, 0.4) is 0 Å². The van der Waals surface area contributed by atoms with Gasteiger partial charge < -0.3 is 15.1 Å². The van der Waals surface area contributed by atoms with Crippen LogP contribution < -0.4 is 10.6 Å². The van der Waals surface area contributed by atoms with E-state index in [4.69, 9.17) is 4.42 Å². The second kappa shape index (κ2) is 8.01. The highest BCUT2D eigenvalue weighted by Crippen LogP contribution is 2.27. The number of nitrogens with one attached hydrogen (secondary N) is 2. The Morgan fingerprint density at radius 1 is 1.11 bits per heavy atom. The molecular weight excluding hydrogens is 384 g/mol. The van der Waals surface area contributed by atoms with Crippen LogP contribution in [0.5, 0.6) is 0 Å². The molecule has 0 aliphatic heterocycles. The van der Waals surface area contributed by atoms with Crippen molar-refractivity contribution >= 4 is 44.8 Å². The Kier molecular flexibility index (Phi) is 5.30. The highest BCUT2D eigenvalue weighted by molar-refractivity contribution is 7.14. The van der Waals surface area contributed by atoms with Crippen LogP contribution in [-0.4, -0.2) is 21.8 Å². The molecule has 3 heterocycles. The summed E-state index contributed by atoms with van der Waals surface area (Å²) in [4.78, 5) is 33.1. The van der Waals surface area contributed by atoms with Gasteiger partial charge in [0.05, 0.1) is 18.4 Å². The van der Waals surface area contributed by atoms with Crippen molar-refractivity contribution in [2.45, 2.75) is 32.1 Å². The molecule has 1 aliphatic rings. The van der Waals surface area contributed by atoms with Crippen molar-refractivity contribution in [1.29, 1.82) is 0 Å². The highest BCUT2D eigenvalue weighted by Gasteiger charge is 2.23. The first-order chi connectivity index (χ1) is 13.2. The fourth-order valence-corrected chi connectivity index (χ4v) is 4.47. The third-order valence-electron chi connectivity index (χ3n) is 4.37. The molecule has 0 radical (unpaired) electrons. The molecule has 27 heavy (non-hydrogen) atoms. The largest absolute Gasteiger partial charge is 0.463 e. The first kappa shape index (κ1) is 17.9. The van der Waals surface area contributed by atoms with E-state index >= 15 is 0 Å². The molecule has 2 N–H and O–H groups in total. The highest BCUT2D eigenvalue weighted by atomic mass is 32.1. The number of anilines is 2. The van der Waals surface area contributed by atoms with Gasteiger partial charge >= 0.3 is 0 Å². The number of hydrogen-bond acceptors (Lipinski definition) is 7. The molecule has 1 aliphatic carbocycles. The van der Waals surface area contributed by atoms with E-state index in [9.17, 15) is 9.59 Å². The zero-order chi connectivity index (χ0) is 18.6. The number of nitrogens with zero attached hydrogens (tertiary/aromatic N) is 2. The average Bonchev–Trinajstić information content (AvgIpc) is 3.43. The summed E-state index contributed by atoms with van der Waals surface area (Å²) in [5.74, 6) is 0.586. The van der Waals surface area contributed by atoms with Crippen LogP contribution in [0, 0.1) is 5.92 Å². The molecule has 3 aromatic rings. The van der Waals surface area contributed by atoms with Crippen molar-refractivity contribution < 1.29 is 14.0 Å². The van der Waals surface area contributed by atoms with Gasteiger partial charge in [0.1, 0.15) is 5.69 Å². The van der Waals surface area contributed by atoms with Gasteiger partial charge in [-0.1, -0.05) is 12.8 Å². The summed E-state index contributed by atoms with van der Waals surface area (Å²) in [5.41, 5.74) is 1.31. The minimum atomic E-state index is -0.200. The van der Waals surface area contributed by atoms with Crippen molar-refractivity contribution in [3.8, 4) is 11.5 Å². The Labute approximate surface area is 163 Å². The molecule has 4 rings (SSSR count). The van der Waals surface area contributed by atoms with Gasteiger partial charge in [0, 0.05) is 16.7 Å². The molecule has 1 saturated carbocycles. The summed E-state index contributed by atoms with van der Waals surface area (Å²) < 4.78 is 5.29. The van der Waals surface area contributed by atoms with Crippen molar-refractivity contribution in [2.24, 2.45) is 5.92 Å². The zero-order valence-electron chi connectivity index (χ0n) is 14.4. The number of rotatable bonds is 6. The van der Waals surface area contributed by atoms with E-state index in [1.807, 2.05) is 11.4 Å². The summed E-state index contributed by atoms with van der Waals surface area (Å²) in [5, 5.41) is 10.3. The fraction of sp³-hybridized carbons (Fsp3) is 0.333. The normalized spacial score (nSPS) is 14.4. The van der Waals surface area contributed by atoms with Crippen LogP contribution in [0.25, 0.3) is 11.5 Å². The molecule has 0 atom stereocenters. The summed E-state index contributed by atoms with van der Waals surface area (Å²) in [7, 11) is 0. The van der Waals surface area contributed by atoms with E-state index in [1.54, 1.807) is 17.7 Å². The first-order valence-corrected chi connectivity index (χ1v) is 10.5. The molecule has 140 valence electrons. The Morgan fingerprint density at radius 2 is 1.89 bits per heavy atom. The molecule has 2 amide bonds. The molecule has 3 aromatic heterocycles. The van der Waals surface area contributed by atoms with Crippen LogP contribution >= 0.6 is 22.7 Å². The molecule has 0 saturated heterocycles. The molecule has 7 nitrogen and oxygen atoms in total. The van der Waals surface area contributed by atoms with E-state index in [-0.39, 0.29) is 24.2 Å². The van der Waals surface area contributed by atoms with Gasteiger partial charge in [-0.2, -0.15) is 0 Å². The SMILES string of the molecule is O=C(Cc1csc(NC(=O)C2CCCC2)n1)Nc1nc(-c2ccco2)cs1. The maximum Gasteiger partial charge on any atom is 0.232 e. The Hall–Kier alpha value is -2.52. The lowest BCUT2D eigenvalue weighted by Crippen LogP contribution is -2.20. The van der Waals surface area contributed by atoms with Gasteiger partial charge in [-0.15, -0.1) is 22.7 Å². The smallest absolute Gasteiger partial charge is 0.232 e. The van der Waals surface area contributed by atoms with Crippen LogP contribution in [0.15, 0.2) is 33.6 Å². The predicted octanol–water partition coefficient (Wildman–Crippen LogP) is 4.17. The lowest BCUT2D eigenvalue weighted by Gasteiger charge is -2.07. The van der Waals surface area contributed by atoms with E-state index in [0.29, 0.717) is 27.4 Å². The minimum absolute atomic E-state index is 0.0334.